The quantitative estimate of drug-likeness (QED) is 0.163. The van der Waals surface area contributed by atoms with Crippen molar-refractivity contribution < 1.29 is 0 Å². The lowest BCUT2D eigenvalue weighted by Crippen LogP contribution is -1.92. The van der Waals surface area contributed by atoms with Crippen molar-refractivity contribution in [2.75, 3.05) is 0 Å². The Morgan fingerprint density at radius 3 is 1.13 bits per heavy atom. The number of para-hydroxylation sites is 2. The van der Waals surface area contributed by atoms with E-state index in [0.29, 0.717) is 0 Å². The number of hydrogen-bond donors (Lipinski definition) is 0. The molecular formula is C44H36N2. The summed E-state index contributed by atoms with van der Waals surface area (Å²) in [5.41, 5.74) is 12.5. The van der Waals surface area contributed by atoms with Crippen LogP contribution in [0.25, 0.3) is 79.0 Å². The van der Waals surface area contributed by atoms with Crippen molar-refractivity contribution in [3.63, 3.8) is 0 Å². The molecule has 0 saturated carbocycles. The predicted octanol–water partition coefficient (Wildman–Crippen LogP) is 11.9. The van der Waals surface area contributed by atoms with Crippen LogP contribution in [0.1, 0.15) is 36.1 Å². The molecule has 2 aromatic heterocycles. The third-order valence-corrected chi connectivity index (χ3v) is 9.32. The van der Waals surface area contributed by atoms with Crippen LogP contribution in [0, 0.1) is 0 Å². The molecular weight excluding hydrogens is 556 g/mol. The minimum absolute atomic E-state index is 0.966. The molecule has 6 aromatic carbocycles. The molecule has 8 aromatic rings. The molecule has 2 nitrogen and oxygen atoms in total. The van der Waals surface area contributed by atoms with Gasteiger partial charge < -0.3 is 9.13 Å². The number of aromatic nitrogens is 2. The Labute approximate surface area is 270 Å². The first kappa shape index (κ1) is 27.9. The van der Waals surface area contributed by atoms with Crippen LogP contribution in [-0.2, 0) is 13.1 Å². The monoisotopic (exact) mass is 592 g/mol. The molecule has 0 spiro atoms. The smallest absolute Gasteiger partial charge is 0.0491 e. The van der Waals surface area contributed by atoms with Gasteiger partial charge in [0.1, 0.15) is 0 Å². The molecule has 0 aliphatic carbocycles. The standard InChI is InChI=1S/C44H36N2/c1-3-45-41-11-7-5-9-37(41)39-29-33(21-27-43(39)45)15-13-31-17-23-35(24-18-31)36-25-19-32(20-26-36)14-16-34-22-28-44-40(30-34)38-10-6-8-12-42(38)46(44)4-2/h5-30H,3-4H2,1-2H3. The first-order valence-electron chi connectivity index (χ1n) is 16.3. The van der Waals surface area contributed by atoms with E-state index in [9.17, 15) is 0 Å². The SMILES string of the molecule is CCn1c2ccccc2c2cc(C=Cc3ccc(-c4ccc(C=Cc5ccc6c(c5)c5ccccc5n6CC)cc4)cc3)ccc21. The molecule has 2 heteroatoms. The van der Waals surface area contributed by atoms with Crippen LogP contribution in [0.15, 0.2) is 133 Å². The third-order valence-electron chi connectivity index (χ3n) is 9.32. The highest BCUT2D eigenvalue weighted by Gasteiger charge is 2.10. The van der Waals surface area contributed by atoms with Crippen molar-refractivity contribution in [2.24, 2.45) is 0 Å². The van der Waals surface area contributed by atoms with Gasteiger partial charge in [0.25, 0.3) is 0 Å². The maximum Gasteiger partial charge on any atom is 0.0491 e. The Morgan fingerprint density at radius 1 is 0.370 bits per heavy atom. The molecule has 0 radical (unpaired) electrons. The zero-order valence-electron chi connectivity index (χ0n) is 26.3. The summed E-state index contributed by atoms with van der Waals surface area (Å²) < 4.78 is 4.79. The number of benzene rings is 6. The van der Waals surface area contributed by atoms with Gasteiger partial charge >= 0.3 is 0 Å². The van der Waals surface area contributed by atoms with Gasteiger partial charge in [-0.3, -0.25) is 0 Å². The Morgan fingerprint density at radius 2 is 0.717 bits per heavy atom. The molecule has 0 aliphatic rings. The summed E-state index contributed by atoms with van der Waals surface area (Å²) in [7, 11) is 0. The number of aryl methyl sites for hydroxylation is 2. The fourth-order valence-electron chi connectivity index (χ4n) is 6.99. The minimum Gasteiger partial charge on any atom is -0.341 e. The molecule has 222 valence electrons. The molecule has 0 fully saturated rings. The second-order valence-electron chi connectivity index (χ2n) is 12.0. The summed E-state index contributed by atoms with van der Waals surface area (Å²) in [5.74, 6) is 0. The lowest BCUT2D eigenvalue weighted by Gasteiger charge is -2.04. The number of rotatable bonds is 7. The van der Waals surface area contributed by atoms with Crippen LogP contribution in [0.3, 0.4) is 0 Å². The fraction of sp³-hybridized carbons (Fsp3) is 0.0909. The average Bonchev–Trinajstić information content (AvgIpc) is 3.61. The second-order valence-corrected chi connectivity index (χ2v) is 12.0. The minimum atomic E-state index is 0.966. The summed E-state index contributed by atoms with van der Waals surface area (Å²) in [5, 5.41) is 5.26. The van der Waals surface area contributed by atoms with Crippen molar-refractivity contribution in [1.82, 2.24) is 9.13 Å². The van der Waals surface area contributed by atoms with Gasteiger partial charge in [-0.15, -0.1) is 0 Å². The third kappa shape index (κ3) is 4.93. The van der Waals surface area contributed by atoms with Gasteiger partial charge in [-0.05, 0) is 83.6 Å². The summed E-state index contributed by atoms with van der Waals surface area (Å²) in [6.45, 7) is 6.36. The van der Waals surface area contributed by atoms with Gasteiger partial charge in [0.2, 0.25) is 0 Å². The summed E-state index contributed by atoms with van der Waals surface area (Å²) >= 11 is 0. The highest BCUT2D eigenvalue weighted by atomic mass is 15.0. The summed E-state index contributed by atoms with van der Waals surface area (Å²) in [6, 6.07) is 48.6. The van der Waals surface area contributed by atoms with Crippen molar-refractivity contribution in [2.45, 2.75) is 26.9 Å². The maximum absolute atomic E-state index is 2.40. The van der Waals surface area contributed by atoms with Gasteiger partial charge in [-0.25, -0.2) is 0 Å². The Hall–Kier alpha value is -5.60. The van der Waals surface area contributed by atoms with Crippen LogP contribution in [0.2, 0.25) is 0 Å². The van der Waals surface area contributed by atoms with Crippen molar-refractivity contribution >= 4 is 67.9 Å². The Kier molecular flexibility index (Phi) is 7.11. The molecule has 0 aliphatic heterocycles. The number of nitrogens with zero attached hydrogens (tertiary/aromatic N) is 2. The van der Waals surface area contributed by atoms with Crippen LogP contribution < -0.4 is 0 Å². The van der Waals surface area contributed by atoms with Gasteiger partial charge in [0.05, 0.1) is 0 Å². The normalized spacial score (nSPS) is 12.1. The van der Waals surface area contributed by atoms with Crippen LogP contribution in [-0.4, -0.2) is 9.13 Å². The lowest BCUT2D eigenvalue weighted by atomic mass is 10.0. The topological polar surface area (TPSA) is 9.86 Å². The predicted molar refractivity (Wildman–Crippen MR) is 200 cm³/mol. The highest BCUT2D eigenvalue weighted by molar-refractivity contribution is 6.09. The molecule has 0 bridgehead atoms. The van der Waals surface area contributed by atoms with E-state index in [1.807, 2.05) is 0 Å². The van der Waals surface area contributed by atoms with E-state index in [1.165, 1.54) is 77.0 Å². The molecule has 0 saturated heterocycles. The summed E-state index contributed by atoms with van der Waals surface area (Å²) in [6.07, 6.45) is 8.84. The van der Waals surface area contributed by atoms with Crippen molar-refractivity contribution in [3.05, 3.63) is 156 Å². The van der Waals surface area contributed by atoms with E-state index in [0.717, 1.165) is 13.1 Å². The lowest BCUT2D eigenvalue weighted by molar-refractivity contribution is 0.827. The van der Waals surface area contributed by atoms with E-state index in [4.69, 9.17) is 0 Å². The zero-order valence-corrected chi connectivity index (χ0v) is 26.3. The largest absolute Gasteiger partial charge is 0.341 e. The molecule has 2 heterocycles. The molecule has 0 atom stereocenters. The first-order chi connectivity index (χ1) is 22.7. The first-order valence-corrected chi connectivity index (χ1v) is 16.3. The Balaban J connectivity index is 0.979. The van der Waals surface area contributed by atoms with E-state index < -0.39 is 0 Å². The van der Waals surface area contributed by atoms with Gasteiger partial charge in [-0.1, -0.05) is 121 Å². The highest BCUT2D eigenvalue weighted by Crippen LogP contribution is 2.32. The van der Waals surface area contributed by atoms with Crippen LogP contribution >= 0.6 is 0 Å². The molecule has 8 rings (SSSR count). The summed E-state index contributed by atoms with van der Waals surface area (Å²) in [4.78, 5) is 0. The van der Waals surface area contributed by atoms with Crippen LogP contribution in [0.5, 0.6) is 0 Å². The van der Waals surface area contributed by atoms with Gasteiger partial charge in [-0.2, -0.15) is 0 Å². The van der Waals surface area contributed by atoms with E-state index in [2.05, 4.69) is 181 Å². The number of fused-ring (bicyclic) bond motifs is 6. The fourth-order valence-corrected chi connectivity index (χ4v) is 6.99. The van der Waals surface area contributed by atoms with E-state index in [-0.39, 0.29) is 0 Å². The molecule has 46 heavy (non-hydrogen) atoms. The molecule has 0 amide bonds. The molecule has 0 N–H and O–H groups in total. The Bertz CT molecular complexity index is 2240. The average molecular weight is 593 g/mol. The maximum atomic E-state index is 2.40. The zero-order chi connectivity index (χ0) is 31.0. The van der Waals surface area contributed by atoms with E-state index in [1.54, 1.807) is 0 Å². The molecule has 0 unspecified atom stereocenters. The van der Waals surface area contributed by atoms with Crippen molar-refractivity contribution in [3.8, 4) is 11.1 Å². The van der Waals surface area contributed by atoms with Crippen molar-refractivity contribution in [1.29, 1.82) is 0 Å². The van der Waals surface area contributed by atoms with E-state index >= 15 is 0 Å². The van der Waals surface area contributed by atoms with Gasteiger partial charge in [0.15, 0.2) is 0 Å². The van der Waals surface area contributed by atoms with Gasteiger partial charge in [0, 0.05) is 56.7 Å². The van der Waals surface area contributed by atoms with Crippen LogP contribution in [0.4, 0.5) is 0 Å². The second kappa shape index (κ2) is 11.7. The number of hydrogen-bond acceptors (Lipinski definition) is 0.